The van der Waals surface area contributed by atoms with Crippen molar-refractivity contribution in [2.24, 2.45) is 0 Å². The van der Waals surface area contributed by atoms with Crippen molar-refractivity contribution in [3.63, 3.8) is 0 Å². The van der Waals surface area contributed by atoms with Gasteiger partial charge in [0.15, 0.2) is 5.82 Å². The van der Waals surface area contributed by atoms with Gasteiger partial charge in [0.05, 0.1) is 27.7 Å². The number of tetrazole rings is 1. The zero-order valence-corrected chi connectivity index (χ0v) is 19.1. The summed E-state index contributed by atoms with van der Waals surface area (Å²) in [5.41, 5.74) is 2.29. The number of anilines is 2. The second-order valence-corrected chi connectivity index (χ2v) is 8.38. The molecule has 1 aromatic heterocycles. The molecule has 0 bridgehead atoms. The van der Waals surface area contributed by atoms with E-state index in [9.17, 15) is 9.59 Å². The van der Waals surface area contributed by atoms with E-state index in [0.29, 0.717) is 33.5 Å². The van der Waals surface area contributed by atoms with Crippen molar-refractivity contribution in [1.29, 1.82) is 0 Å². The molecular weight excluding hydrogens is 460 g/mol. The molecule has 4 aromatic rings. The third-order valence-corrected chi connectivity index (χ3v) is 5.96. The molecule has 2 N–H and O–H groups in total. The van der Waals surface area contributed by atoms with Gasteiger partial charge in [0.2, 0.25) is 5.91 Å². The van der Waals surface area contributed by atoms with Crippen LogP contribution in [-0.2, 0) is 10.5 Å². The number of hydrogen-bond donors (Lipinski definition) is 2. The molecule has 0 atom stereocenters. The second kappa shape index (κ2) is 10.3. The summed E-state index contributed by atoms with van der Waals surface area (Å²) in [5.74, 6) is 0.592. The van der Waals surface area contributed by atoms with Crippen LogP contribution in [0.15, 0.2) is 77.7 Å². The van der Waals surface area contributed by atoms with Crippen LogP contribution in [0.2, 0.25) is 5.02 Å². The summed E-state index contributed by atoms with van der Waals surface area (Å²) >= 11 is 7.71. The summed E-state index contributed by atoms with van der Waals surface area (Å²) in [5, 5.41) is 17.9. The van der Waals surface area contributed by atoms with Crippen LogP contribution in [-0.4, -0.2) is 32.0 Å². The number of thioether (sulfide) groups is 1. The van der Waals surface area contributed by atoms with Crippen LogP contribution in [0.4, 0.5) is 11.4 Å². The molecule has 4 rings (SSSR count). The molecule has 0 fully saturated rings. The summed E-state index contributed by atoms with van der Waals surface area (Å²) in [7, 11) is 0. The Morgan fingerprint density at radius 3 is 2.55 bits per heavy atom. The maximum Gasteiger partial charge on any atom is 0.256 e. The highest BCUT2D eigenvalue weighted by Crippen LogP contribution is 2.29. The molecule has 0 aliphatic rings. The molecule has 0 unspecified atom stereocenters. The van der Waals surface area contributed by atoms with Crippen LogP contribution in [0.1, 0.15) is 23.1 Å². The lowest BCUT2D eigenvalue weighted by molar-refractivity contribution is -0.114. The number of carbonyl (C=O) groups is 2. The molecule has 0 aliphatic carbocycles. The van der Waals surface area contributed by atoms with Gasteiger partial charge in [-0.25, -0.2) is 0 Å². The predicted molar refractivity (Wildman–Crippen MR) is 129 cm³/mol. The molecule has 2 amide bonds. The number of nitrogens with zero attached hydrogens (tertiary/aromatic N) is 4. The molecular formula is C23H19ClN6O2S. The van der Waals surface area contributed by atoms with E-state index in [1.165, 1.54) is 18.7 Å². The Labute approximate surface area is 199 Å². The quantitative estimate of drug-likeness (QED) is 0.369. The van der Waals surface area contributed by atoms with Gasteiger partial charge in [-0.1, -0.05) is 41.9 Å². The number of benzene rings is 3. The number of para-hydroxylation sites is 1. The van der Waals surface area contributed by atoms with Crippen LogP contribution in [0.5, 0.6) is 0 Å². The molecule has 0 saturated heterocycles. The predicted octanol–water partition coefficient (Wildman–Crippen LogP) is 4.82. The third kappa shape index (κ3) is 5.57. The van der Waals surface area contributed by atoms with Gasteiger partial charge in [0, 0.05) is 17.5 Å². The number of rotatable bonds is 7. The van der Waals surface area contributed by atoms with Crippen molar-refractivity contribution >= 4 is 46.6 Å². The largest absolute Gasteiger partial charge is 0.326 e. The molecule has 166 valence electrons. The topological polar surface area (TPSA) is 102 Å². The molecule has 8 nitrogen and oxygen atoms in total. The highest BCUT2D eigenvalue weighted by Gasteiger charge is 2.16. The van der Waals surface area contributed by atoms with E-state index in [4.69, 9.17) is 11.6 Å². The lowest BCUT2D eigenvalue weighted by atomic mass is 10.2. The number of amides is 2. The minimum absolute atomic E-state index is 0.214. The molecule has 1 heterocycles. The van der Waals surface area contributed by atoms with E-state index in [0.717, 1.165) is 10.6 Å². The summed E-state index contributed by atoms with van der Waals surface area (Å²) < 4.78 is 1.67. The van der Waals surface area contributed by atoms with E-state index in [1.807, 2.05) is 42.5 Å². The number of carbonyl (C=O) groups excluding carboxylic acids is 2. The normalized spacial score (nSPS) is 10.6. The minimum atomic E-state index is -0.317. The zero-order valence-electron chi connectivity index (χ0n) is 17.5. The fraction of sp³-hybridized carbons (Fsp3) is 0.0870. The minimum Gasteiger partial charge on any atom is -0.326 e. The van der Waals surface area contributed by atoms with Gasteiger partial charge >= 0.3 is 0 Å². The standard InChI is InChI=1S/C23H19ClN6O2S/c1-15(31)25-16-11-12-19(24)20(13-16)26-23(32)18-9-5-6-10-21(18)33-14-22-27-28-29-30(22)17-7-3-2-4-8-17/h2-13H,14H2,1H3,(H,25,31)(H,26,32). The summed E-state index contributed by atoms with van der Waals surface area (Å²) in [6.07, 6.45) is 0. The first-order valence-electron chi connectivity index (χ1n) is 9.94. The maximum absolute atomic E-state index is 13.1. The van der Waals surface area contributed by atoms with E-state index in [1.54, 1.807) is 35.0 Å². The van der Waals surface area contributed by atoms with Crippen LogP contribution in [0, 0.1) is 0 Å². The van der Waals surface area contributed by atoms with Crippen molar-refractivity contribution in [1.82, 2.24) is 20.2 Å². The van der Waals surface area contributed by atoms with Crippen LogP contribution in [0.3, 0.4) is 0 Å². The monoisotopic (exact) mass is 478 g/mol. The second-order valence-electron chi connectivity index (χ2n) is 6.96. The molecule has 10 heteroatoms. The molecule has 0 aliphatic heterocycles. The Bertz CT molecular complexity index is 1300. The van der Waals surface area contributed by atoms with Crippen molar-refractivity contribution in [3.05, 3.63) is 89.2 Å². The van der Waals surface area contributed by atoms with E-state index in [2.05, 4.69) is 26.2 Å². The number of halogens is 1. The fourth-order valence-electron chi connectivity index (χ4n) is 3.08. The Kier molecular flexibility index (Phi) is 7.01. The van der Waals surface area contributed by atoms with Crippen LogP contribution >= 0.6 is 23.4 Å². The number of aromatic nitrogens is 4. The third-order valence-electron chi connectivity index (χ3n) is 4.56. The summed E-state index contributed by atoms with van der Waals surface area (Å²) in [4.78, 5) is 25.2. The summed E-state index contributed by atoms with van der Waals surface area (Å²) in [6.45, 7) is 1.41. The first-order valence-corrected chi connectivity index (χ1v) is 11.3. The van der Waals surface area contributed by atoms with Gasteiger partial charge in [-0.2, -0.15) is 4.68 Å². The van der Waals surface area contributed by atoms with Crippen LogP contribution in [0.25, 0.3) is 5.69 Å². The molecule has 3 aromatic carbocycles. The SMILES string of the molecule is CC(=O)Nc1ccc(Cl)c(NC(=O)c2ccccc2SCc2nnnn2-c2ccccc2)c1. The lowest BCUT2D eigenvalue weighted by Crippen LogP contribution is -2.14. The Morgan fingerprint density at radius 2 is 1.76 bits per heavy atom. The highest BCUT2D eigenvalue weighted by molar-refractivity contribution is 7.98. The lowest BCUT2D eigenvalue weighted by Gasteiger charge is -2.12. The van der Waals surface area contributed by atoms with Crippen LogP contribution < -0.4 is 10.6 Å². The van der Waals surface area contributed by atoms with Gasteiger partial charge < -0.3 is 10.6 Å². The van der Waals surface area contributed by atoms with E-state index in [-0.39, 0.29) is 11.8 Å². The van der Waals surface area contributed by atoms with Crippen molar-refractivity contribution in [2.75, 3.05) is 10.6 Å². The Morgan fingerprint density at radius 1 is 1.00 bits per heavy atom. The number of hydrogen-bond acceptors (Lipinski definition) is 6. The maximum atomic E-state index is 13.1. The van der Waals surface area contributed by atoms with E-state index < -0.39 is 0 Å². The zero-order chi connectivity index (χ0) is 23.2. The Balaban J connectivity index is 1.51. The van der Waals surface area contributed by atoms with Gasteiger partial charge in [-0.05, 0) is 52.9 Å². The number of nitrogens with one attached hydrogen (secondary N) is 2. The van der Waals surface area contributed by atoms with E-state index >= 15 is 0 Å². The summed E-state index contributed by atoms with van der Waals surface area (Å²) in [6, 6.07) is 21.8. The average Bonchev–Trinajstić information content (AvgIpc) is 3.29. The van der Waals surface area contributed by atoms with Crippen molar-refractivity contribution in [3.8, 4) is 5.69 Å². The van der Waals surface area contributed by atoms with Crippen molar-refractivity contribution in [2.45, 2.75) is 17.6 Å². The highest BCUT2D eigenvalue weighted by atomic mass is 35.5. The molecule has 0 saturated carbocycles. The van der Waals surface area contributed by atoms with Gasteiger partial charge in [0.25, 0.3) is 5.91 Å². The first-order chi connectivity index (χ1) is 16.0. The first kappa shape index (κ1) is 22.5. The smallest absolute Gasteiger partial charge is 0.256 e. The molecule has 0 spiro atoms. The fourth-order valence-corrected chi connectivity index (χ4v) is 4.20. The molecule has 0 radical (unpaired) electrons. The average molecular weight is 479 g/mol. The van der Waals surface area contributed by atoms with Gasteiger partial charge in [-0.15, -0.1) is 16.9 Å². The molecule has 33 heavy (non-hydrogen) atoms. The Hall–Kier alpha value is -3.69. The van der Waals surface area contributed by atoms with Crippen molar-refractivity contribution < 1.29 is 9.59 Å². The van der Waals surface area contributed by atoms with Gasteiger partial charge in [-0.3, -0.25) is 9.59 Å². The van der Waals surface area contributed by atoms with Gasteiger partial charge in [0.1, 0.15) is 0 Å².